The summed E-state index contributed by atoms with van der Waals surface area (Å²) in [6.45, 7) is 13.1. The van der Waals surface area contributed by atoms with E-state index in [1.165, 1.54) is 46.1 Å². The Kier molecular flexibility index (Phi) is 16.7. The van der Waals surface area contributed by atoms with Crippen LogP contribution in [0, 0.1) is 13.8 Å². The molecule has 4 aromatic rings. The van der Waals surface area contributed by atoms with Crippen LogP contribution in [-0.4, -0.2) is 54.3 Å². The van der Waals surface area contributed by atoms with E-state index in [9.17, 15) is 4.79 Å². The van der Waals surface area contributed by atoms with E-state index in [-0.39, 0.29) is 50.2 Å². The molecule has 0 unspecified atom stereocenters. The molecule has 40 heavy (non-hydrogen) atoms. The molecular formula is C33H45AlLiNO4. The maximum absolute atomic E-state index is 11.5. The number of carbonyl (C=O) groups excluding carboxylic acids is 1. The van der Waals surface area contributed by atoms with Crippen LogP contribution in [0.3, 0.4) is 0 Å². The molecule has 1 aromatic heterocycles. The number of hydrogen-bond acceptors (Lipinski definition) is 4. The summed E-state index contributed by atoms with van der Waals surface area (Å²) in [6, 6.07) is 25.1. The Balaban J connectivity index is 0.00000143. The molecule has 0 bridgehead atoms. The van der Waals surface area contributed by atoms with Crippen molar-refractivity contribution in [3.63, 3.8) is 0 Å². The standard InChI is InChI=1S/C27H27NO3.C4H8O.C2H6.Al.Li.4H/c1-4-30-26(29)18-31-23-13-11-21(12-14-23)17-28-25-15-10-19(2)16-24(25)20(3)27(28)22-8-6-5-7-9-22;1-2-4-5-3-1;1-2;;;;;;/h5-16H,4,17-18H2,1-3H3;1-4H2;1-2H3;;;;;;/q;;;;+1;;;;-1. The van der Waals surface area contributed by atoms with E-state index in [4.69, 9.17) is 14.2 Å². The van der Waals surface area contributed by atoms with Crippen molar-refractivity contribution in [1.82, 2.24) is 4.57 Å². The molecule has 1 aliphatic rings. The Bertz CT molecular complexity index is 1280. The van der Waals surface area contributed by atoms with Gasteiger partial charge in [-0.2, -0.15) is 0 Å². The summed E-state index contributed by atoms with van der Waals surface area (Å²) in [5.41, 5.74) is 7.39. The largest absolute Gasteiger partial charge is 1.00 e. The van der Waals surface area contributed by atoms with Crippen LogP contribution in [-0.2, 0) is 20.8 Å². The number of carbonyl (C=O) groups is 1. The minimum Gasteiger partial charge on any atom is -1.00 e. The van der Waals surface area contributed by atoms with E-state index in [0.717, 1.165) is 25.3 Å². The molecule has 5 rings (SSSR count). The van der Waals surface area contributed by atoms with Crippen molar-refractivity contribution in [2.24, 2.45) is 0 Å². The van der Waals surface area contributed by atoms with Crippen LogP contribution in [0.15, 0.2) is 72.8 Å². The Morgan fingerprint density at radius 1 is 0.950 bits per heavy atom. The van der Waals surface area contributed by atoms with Crippen LogP contribution in [0.25, 0.3) is 22.2 Å². The fraction of sp³-hybridized carbons (Fsp3) is 0.364. The first kappa shape index (κ1) is 35.6. The van der Waals surface area contributed by atoms with E-state index >= 15 is 0 Å². The molecule has 2 heterocycles. The van der Waals surface area contributed by atoms with E-state index in [1.54, 1.807) is 6.92 Å². The Morgan fingerprint density at radius 2 is 1.60 bits per heavy atom. The fourth-order valence-corrected chi connectivity index (χ4v) is 4.50. The molecule has 0 N–H and O–H groups in total. The molecule has 0 spiro atoms. The van der Waals surface area contributed by atoms with E-state index < -0.39 is 0 Å². The molecule has 0 radical (unpaired) electrons. The summed E-state index contributed by atoms with van der Waals surface area (Å²) in [7, 11) is 0. The number of aromatic nitrogens is 1. The Hall–Kier alpha value is -2.44. The van der Waals surface area contributed by atoms with Gasteiger partial charge in [0, 0.05) is 30.7 Å². The predicted octanol–water partition coefficient (Wildman–Crippen LogP) is 3.67. The minimum atomic E-state index is -0.358. The molecule has 1 aliphatic heterocycles. The van der Waals surface area contributed by atoms with E-state index in [2.05, 4.69) is 60.9 Å². The van der Waals surface area contributed by atoms with Gasteiger partial charge in [-0.05, 0) is 74.6 Å². The zero-order valence-corrected chi connectivity index (χ0v) is 24.5. The zero-order chi connectivity index (χ0) is 27.3. The molecule has 0 atom stereocenters. The number of rotatable bonds is 7. The summed E-state index contributed by atoms with van der Waals surface area (Å²) in [5.74, 6) is 0.299. The van der Waals surface area contributed by atoms with Crippen molar-refractivity contribution in [3.8, 4) is 17.0 Å². The first-order valence-electron chi connectivity index (χ1n) is 13.7. The molecule has 1 fully saturated rings. The summed E-state index contributed by atoms with van der Waals surface area (Å²) >= 11 is 0. The van der Waals surface area contributed by atoms with E-state index in [1.807, 2.05) is 44.2 Å². The first-order valence-corrected chi connectivity index (χ1v) is 13.7. The average Bonchev–Trinajstić information content (AvgIpc) is 3.62. The van der Waals surface area contributed by atoms with Crippen molar-refractivity contribution in [3.05, 3.63) is 89.5 Å². The molecule has 0 saturated carbocycles. The van der Waals surface area contributed by atoms with Gasteiger partial charge in [0.15, 0.2) is 24.0 Å². The molecule has 7 heteroatoms. The predicted molar refractivity (Wildman–Crippen MR) is 167 cm³/mol. The summed E-state index contributed by atoms with van der Waals surface area (Å²) < 4.78 is 17.8. The second-order valence-electron chi connectivity index (χ2n) is 9.00. The van der Waals surface area contributed by atoms with Crippen molar-refractivity contribution in [2.45, 2.75) is 54.0 Å². The number of aryl methyl sites for hydroxylation is 2. The van der Waals surface area contributed by atoms with Crippen LogP contribution in [0.4, 0.5) is 0 Å². The number of ether oxygens (including phenoxy) is 3. The Morgan fingerprint density at radius 3 is 2.17 bits per heavy atom. The second-order valence-corrected chi connectivity index (χ2v) is 9.00. The number of fused-ring (bicyclic) bond motifs is 1. The van der Waals surface area contributed by atoms with Crippen molar-refractivity contribution >= 4 is 34.2 Å². The van der Waals surface area contributed by atoms with E-state index in [0.29, 0.717) is 12.4 Å². The maximum Gasteiger partial charge on any atom is 1.00 e. The summed E-state index contributed by atoms with van der Waals surface area (Å²) in [6.07, 6.45) is 2.56. The first-order chi connectivity index (χ1) is 18.6. The van der Waals surface area contributed by atoms with Crippen LogP contribution in [0.5, 0.6) is 5.75 Å². The van der Waals surface area contributed by atoms with Gasteiger partial charge < -0.3 is 20.2 Å². The minimum absolute atomic E-state index is 0. The monoisotopic (exact) mass is 553 g/mol. The third-order valence-corrected chi connectivity index (χ3v) is 6.27. The summed E-state index contributed by atoms with van der Waals surface area (Å²) in [5, 5.41) is 1.29. The van der Waals surface area contributed by atoms with Crippen LogP contribution in [0.1, 0.15) is 51.7 Å². The van der Waals surface area contributed by atoms with Crippen molar-refractivity contribution in [1.29, 1.82) is 0 Å². The molecule has 5 nitrogen and oxygen atoms in total. The molecule has 0 amide bonds. The van der Waals surface area contributed by atoms with Gasteiger partial charge >= 0.3 is 24.8 Å². The zero-order valence-electron chi connectivity index (χ0n) is 25.5. The maximum atomic E-state index is 11.5. The number of nitrogens with zero attached hydrogens (tertiary/aromatic N) is 1. The SMILES string of the molecule is C1CCOC1.CC.CCOC(=O)COc1ccc(Cn2c(-c3ccccc3)c(C)c3cc(C)ccc32)cc1.[AlH3].[H-].[Li+]. The number of hydrogen-bond donors (Lipinski definition) is 0. The van der Waals surface area contributed by atoms with Crippen LogP contribution < -0.4 is 23.6 Å². The van der Waals surface area contributed by atoms with Crippen LogP contribution >= 0.6 is 0 Å². The topological polar surface area (TPSA) is 49.7 Å². The fourth-order valence-electron chi connectivity index (χ4n) is 4.50. The van der Waals surface area contributed by atoms with Gasteiger partial charge in [0.05, 0.1) is 12.3 Å². The van der Waals surface area contributed by atoms with Gasteiger partial charge in [0.2, 0.25) is 0 Å². The number of esters is 1. The molecular weight excluding hydrogens is 508 g/mol. The van der Waals surface area contributed by atoms with Gasteiger partial charge in [-0.3, -0.25) is 0 Å². The number of benzene rings is 3. The van der Waals surface area contributed by atoms with Crippen molar-refractivity contribution in [2.75, 3.05) is 26.4 Å². The second kappa shape index (κ2) is 18.8. The van der Waals surface area contributed by atoms with Gasteiger partial charge in [0.25, 0.3) is 0 Å². The normalized spacial score (nSPS) is 11.6. The third-order valence-electron chi connectivity index (χ3n) is 6.27. The quantitative estimate of drug-likeness (QED) is 0.259. The average molecular weight is 554 g/mol. The molecule has 1 saturated heterocycles. The molecule has 0 aliphatic carbocycles. The van der Waals surface area contributed by atoms with Gasteiger partial charge in [-0.15, -0.1) is 0 Å². The van der Waals surface area contributed by atoms with Gasteiger partial charge in [-0.25, -0.2) is 4.79 Å². The van der Waals surface area contributed by atoms with Crippen molar-refractivity contribution < 1.29 is 39.3 Å². The summed E-state index contributed by atoms with van der Waals surface area (Å²) in [4.78, 5) is 11.5. The molecule has 210 valence electrons. The molecule has 3 aromatic carbocycles. The van der Waals surface area contributed by atoms with Gasteiger partial charge in [-0.1, -0.05) is 67.9 Å². The Labute approximate surface area is 264 Å². The van der Waals surface area contributed by atoms with Crippen LogP contribution in [0.2, 0.25) is 0 Å². The smallest absolute Gasteiger partial charge is 1.00 e. The van der Waals surface area contributed by atoms with Gasteiger partial charge in [0.1, 0.15) is 5.75 Å². The third kappa shape index (κ3) is 9.88.